The zero-order valence-electron chi connectivity index (χ0n) is 13.1. The zero-order valence-corrected chi connectivity index (χ0v) is 13.1. The van der Waals surface area contributed by atoms with E-state index in [0.717, 1.165) is 32.1 Å². The maximum Gasteiger partial charge on any atom is 0.0558 e. The topological polar surface area (TPSA) is 26.7 Å². The number of aliphatic hydroxyl groups is 1. The van der Waals surface area contributed by atoms with E-state index in [1.165, 1.54) is 24.9 Å². The van der Waals surface area contributed by atoms with E-state index in [-0.39, 0.29) is 6.61 Å². The first-order valence-corrected chi connectivity index (χ1v) is 8.01. The molecule has 0 spiro atoms. The van der Waals surface area contributed by atoms with Crippen LogP contribution in [0.3, 0.4) is 0 Å². The van der Waals surface area contributed by atoms with Crippen molar-refractivity contribution in [1.29, 1.82) is 0 Å². The maximum atomic E-state index is 8.96. The minimum absolute atomic E-state index is 0.287. The molecule has 21 heavy (non-hydrogen) atoms. The Morgan fingerprint density at radius 3 is 2.62 bits per heavy atom. The lowest BCUT2D eigenvalue weighted by molar-refractivity contribution is 0.133. The summed E-state index contributed by atoms with van der Waals surface area (Å²) >= 11 is 0. The number of benzene rings is 1. The summed E-state index contributed by atoms with van der Waals surface area (Å²) in [7, 11) is 2.20. The fourth-order valence-electron chi connectivity index (χ4n) is 2.98. The van der Waals surface area contributed by atoms with Gasteiger partial charge in [0.1, 0.15) is 0 Å². The molecular formula is C18H28N2O. The van der Waals surface area contributed by atoms with E-state index in [2.05, 4.69) is 53.3 Å². The van der Waals surface area contributed by atoms with Crippen LogP contribution in [0.2, 0.25) is 0 Å². The number of likely N-dealkylation sites (N-methyl/N-ethyl adjacent to an activating group) is 1. The Balaban J connectivity index is 1.66. The van der Waals surface area contributed by atoms with Crippen molar-refractivity contribution in [2.24, 2.45) is 5.92 Å². The van der Waals surface area contributed by atoms with Gasteiger partial charge in [0.05, 0.1) is 6.61 Å². The van der Waals surface area contributed by atoms with E-state index in [0.29, 0.717) is 0 Å². The van der Waals surface area contributed by atoms with Gasteiger partial charge < -0.3 is 14.9 Å². The van der Waals surface area contributed by atoms with E-state index < -0.39 is 0 Å². The van der Waals surface area contributed by atoms with Crippen molar-refractivity contribution in [3.8, 4) is 0 Å². The van der Waals surface area contributed by atoms with Crippen LogP contribution in [-0.2, 0) is 0 Å². The van der Waals surface area contributed by atoms with Crippen LogP contribution in [0.15, 0.2) is 36.4 Å². The molecule has 0 aliphatic carbocycles. The predicted octanol–water partition coefficient (Wildman–Crippen LogP) is 2.34. The second kappa shape index (κ2) is 8.98. The smallest absolute Gasteiger partial charge is 0.0558 e. The average Bonchev–Trinajstić information content (AvgIpc) is 2.51. The van der Waals surface area contributed by atoms with Gasteiger partial charge in [-0.2, -0.15) is 0 Å². The summed E-state index contributed by atoms with van der Waals surface area (Å²) < 4.78 is 0. The summed E-state index contributed by atoms with van der Waals surface area (Å²) in [6, 6.07) is 10.5. The van der Waals surface area contributed by atoms with Crippen LogP contribution >= 0.6 is 0 Å². The summed E-state index contributed by atoms with van der Waals surface area (Å²) in [6.45, 7) is 5.58. The molecule has 1 aliphatic rings. The molecule has 0 bridgehead atoms. The van der Waals surface area contributed by atoms with E-state index >= 15 is 0 Å². The quantitative estimate of drug-likeness (QED) is 0.834. The molecule has 0 saturated carbocycles. The molecule has 2 rings (SSSR count). The van der Waals surface area contributed by atoms with Crippen molar-refractivity contribution in [1.82, 2.24) is 9.80 Å². The number of hydrogen-bond donors (Lipinski definition) is 1. The van der Waals surface area contributed by atoms with Crippen LogP contribution < -0.4 is 0 Å². The van der Waals surface area contributed by atoms with Crippen LogP contribution in [0, 0.1) is 5.92 Å². The average molecular weight is 288 g/mol. The number of β-amino-alcohol motifs (C(OH)–C–C–N with tert-alkyl or cyclic N) is 1. The Morgan fingerprint density at radius 1 is 1.24 bits per heavy atom. The molecule has 0 unspecified atom stereocenters. The highest BCUT2D eigenvalue weighted by Crippen LogP contribution is 2.17. The van der Waals surface area contributed by atoms with Crippen LogP contribution in [0.4, 0.5) is 0 Å². The fourth-order valence-corrected chi connectivity index (χ4v) is 2.98. The van der Waals surface area contributed by atoms with Crippen molar-refractivity contribution < 1.29 is 5.11 Å². The molecule has 1 aliphatic heterocycles. The van der Waals surface area contributed by atoms with Gasteiger partial charge >= 0.3 is 0 Å². The third-order valence-corrected chi connectivity index (χ3v) is 4.22. The predicted molar refractivity (Wildman–Crippen MR) is 89.2 cm³/mol. The third kappa shape index (κ3) is 6.00. The molecular weight excluding hydrogens is 260 g/mol. The lowest BCUT2D eigenvalue weighted by atomic mass is 9.96. The first-order chi connectivity index (χ1) is 10.3. The molecule has 0 amide bonds. The minimum Gasteiger partial charge on any atom is -0.395 e. The van der Waals surface area contributed by atoms with Gasteiger partial charge in [-0.25, -0.2) is 0 Å². The van der Waals surface area contributed by atoms with Crippen molar-refractivity contribution in [2.75, 3.05) is 46.4 Å². The Kier molecular flexibility index (Phi) is 6.93. The molecule has 1 fully saturated rings. The van der Waals surface area contributed by atoms with Crippen LogP contribution in [-0.4, -0.2) is 61.3 Å². The SMILES string of the molecule is CN(C/C=C\c1ccccc1)CC1CCN(CCO)CC1. The van der Waals surface area contributed by atoms with Crippen LogP contribution in [0.1, 0.15) is 18.4 Å². The molecule has 3 nitrogen and oxygen atoms in total. The van der Waals surface area contributed by atoms with Gasteiger partial charge in [-0.1, -0.05) is 42.5 Å². The first kappa shape index (κ1) is 16.2. The molecule has 3 heteroatoms. The molecule has 1 heterocycles. The molecule has 0 aromatic heterocycles. The number of piperidine rings is 1. The summed E-state index contributed by atoms with van der Waals surface area (Å²) in [4.78, 5) is 4.78. The van der Waals surface area contributed by atoms with Gasteiger partial charge in [0.25, 0.3) is 0 Å². The number of nitrogens with zero attached hydrogens (tertiary/aromatic N) is 2. The molecule has 0 atom stereocenters. The summed E-state index contributed by atoms with van der Waals surface area (Å²) in [5.41, 5.74) is 1.27. The Bertz CT molecular complexity index is 410. The van der Waals surface area contributed by atoms with E-state index in [9.17, 15) is 0 Å². The summed E-state index contributed by atoms with van der Waals surface area (Å²) in [5, 5.41) is 8.96. The lowest BCUT2D eigenvalue weighted by Gasteiger charge is -2.33. The molecule has 1 saturated heterocycles. The molecule has 0 radical (unpaired) electrons. The highest BCUT2D eigenvalue weighted by Gasteiger charge is 2.19. The van der Waals surface area contributed by atoms with Crippen LogP contribution in [0.5, 0.6) is 0 Å². The third-order valence-electron chi connectivity index (χ3n) is 4.22. The van der Waals surface area contributed by atoms with Gasteiger partial charge in [-0.3, -0.25) is 0 Å². The van der Waals surface area contributed by atoms with E-state index in [1.807, 2.05) is 6.07 Å². The minimum atomic E-state index is 0.287. The van der Waals surface area contributed by atoms with Gasteiger partial charge in [0.2, 0.25) is 0 Å². The van der Waals surface area contributed by atoms with Crippen molar-refractivity contribution in [3.63, 3.8) is 0 Å². The molecule has 1 aromatic rings. The maximum absolute atomic E-state index is 8.96. The Morgan fingerprint density at radius 2 is 1.95 bits per heavy atom. The second-order valence-corrected chi connectivity index (χ2v) is 6.04. The number of rotatable bonds is 7. The molecule has 1 aromatic carbocycles. The number of likely N-dealkylation sites (tertiary alicyclic amines) is 1. The largest absolute Gasteiger partial charge is 0.395 e. The van der Waals surface area contributed by atoms with Gasteiger partial charge in [-0.05, 0) is 44.5 Å². The number of aliphatic hydroxyl groups excluding tert-OH is 1. The first-order valence-electron chi connectivity index (χ1n) is 8.01. The summed E-state index contributed by atoms with van der Waals surface area (Å²) in [5.74, 6) is 0.801. The monoisotopic (exact) mass is 288 g/mol. The summed E-state index contributed by atoms with van der Waals surface area (Å²) in [6.07, 6.45) is 6.95. The highest BCUT2D eigenvalue weighted by molar-refractivity contribution is 5.48. The molecule has 116 valence electrons. The highest BCUT2D eigenvalue weighted by atomic mass is 16.3. The molecule has 1 N–H and O–H groups in total. The normalized spacial score (nSPS) is 17.9. The van der Waals surface area contributed by atoms with Crippen LogP contribution in [0.25, 0.3) is 6.08 Å². The zero-order chi connectivity index (χ0) is 14.9. The second-order valence-electron chi connectivity index (χ2n) is 6.04. The fraction of sp³-hybridized carbons (Fsp3) is 0.556. The van der Waals surface area contributed by atoms with Crippen molar-refractivity contribution in [2.45, 2.75) is 12.8 Å². The van der Waals surface area contributed by atoms with Gasteiger partial charge in [0.15, 0.2) is 0 Å². The van der Waals surface area contributed by atoms with Crippen molar-refractivity contribution >= 4 is 6.08 Å². The van der Waals surface area contributed by atoms with Gasteiger partial charge in [0, 0.05) is 19.6 Å². The number of hydrogen-bond acceptors (Lipinski definition) is 3. The Labute approximate surface area is 128 Å². The van der Waals surface area contributed by atoms with E-state index in [4.69, 9.17) is 5.11 Å². The van der Waals surface area contributed by atoms with Gasteiger partial charge in [-0.15, -0.1) is 0 Å². The van der Waals surface area contributed by atoms with E-state index in [1.54, 1.807) is 0 Å². The van der Waals surface area contributed by atoms with Crippen molar-refractivity contribution in [3.05, 3.63) is 42.0 Å². The lowest BCUT2D eigenvalue weighted by Crippen LogP contribution is -2.39. The Hall–Kier alpha value is -1.16. The standard InChI is InChI=1S/C18H28N2O/c1-19(11-5-8-17-6-3-2-4-7-17)16-18-9-12-20(13-10-18)14-15-21/h2-8,18,21H,9-16H2,1H3/b8-5-.